The number of ether oxygens (including phenoxy) is 1. The van der Waals surface area contributed by atoms with Gasteiger partial charge in [0.2, 0.25) is 0 Å². The normalized spacial score (nSPS) is 9.94. The minimum Gasteiger partial charge on any atom is -0.484 e. The Morgan fingerprint density at radius 3 is 2.31 bits per heavy atom. The van der Waals surface area contributed by atoms with E-state index in [0.29, 0.717) is 16.9 Å². The Balaban J connectivity index is 3.03. The van der Waals surface area contributed by atoms with E-state index >= 15 is 0 Å². The van der Waals surface area contributed by atoms with Gasteiger partial charge in [0.1, 0.15) is 5.75 Å². The quantitative estimate of drug-likeness (QED) is 0.462. The highest BCUT2D eigenvalue weighted by Crippen LogP contribution is 2.28. The van der Waals surface area contributed by atoms with Crippen LogP contribution < -0.4 is 4.74 Å². The summed E-state index contributed by atoms with van der Waals surface area (Å²) in [5.41, 5.74) is 1.20. The van der Waals surface area contributed by atoms with E-state index < -0.39 is 10.2 Å². The highest BCUT2D eigenvalue weighted by atomic mass is 35.5. The van der Waals surface area contributed by atoms with E-state index in [1.54, 1.807) is 13.8 Å². The number of carbonyl (C=O) groups excluding carboxylic acids is 1. The summed E-state index contributed by atoms with van der Waals surface area (Å²) in [6, 6.07) is 2.78. The molecule has 0 bridgehead atoms. The lowest BCUT2D eigenvalue weighted by Crippen LogP contribution is -2.06. The Hall–Kier alpha value is -1.62. The highest BCUT2D eigenvalue weighted by Gasteiger charge is 2.13. The van der Waals surface area contributed by atoms with Gasteiger partial charge in [0.15, 0.2) is 6.61 Å². The van der Waals surface area contributed by atoms with Gasteiger partial charge >= 0.3 is 0 Å². The predicted octanol–water partition coefficient (Wildman–Crippen LogP) is 2.36. The third kappa shape index (κ3) is 2.93. The summed E-state index contributed by atoms with van der Waals surface area (Å²) >= 11 is 5.14. The molecule has 0 unspecified atom stereocenters. The number of nitro groups is 1. The maximum atomic E-state index is 10.6. The van der Waals surface area contributed by atoms with Gasteiger partial charge in [-0.15, -0.1) is 0 Å². The Labute approximate surface area is 97.1 Å². The summed E-state index contributed by atoms with van der Waals surface area (Å²) in [5, 5.41) is 9.96. The number of benzene rings is 1. The summed E-state index contributed by atoms with van der Waals surface area (Å²) in [6.07, 6.45) is 0. The first-order valence-corrected chi connectivity index (χ1v) is 4.86. The predicted molar refractivity (Wildman–Crippen MR) is 58.9 cm³/mol. The monoisotopic (exact) mass is 243 g/mol. The van der Waals surface area contributed by atoms with Crippen molar-refractivity contribution in [2.75, 3.05) is 6.61 Å². The van der Waals surface area contributed by atoms with Gasteiger partial charge in [-0.1, -0.05) is 0 Å². The zero-order valence-electron chi connectivity index (χ0n) is 8.82. The molecule has 1 aromatic carbocycles. The molecule has 0 aromatic heterocycles. The standard InChI is InChI=1S/C10H10ClNO4/c1-6-3-8(12(14)15)4-7(2)10(6)16-5-9(11)13/h3-4H,5H2,1-2H3. The minimum atomic E-state index is -0.614. The van der Waals surface area contributed by atoms with E-state index in [0.717, 1.165) is 0 Å². The zero-order valence-corrected chi connectivity index (χ0v) is 9.58. The van der Waals surface area contributed by atoms with Crippen molar-refractivity contribution < 1.29 is 14.5 Å². The largest absolute Gasteiger partial charge is 0.484 e. The van der Waals surface area contributed by atoms with Crippen LogP contribution in [0.2, 0.25) is 0 Å². The van der Waals surface area contributed by atoms with Gasteiger partial charge in [0.25, 0.3) is 10.9 Å². The first-order chi connectivity index (χ1) is 7.41. The molecular formula is C10H10ClNO4. The van der Waals surface area contributed by atoms with E-state index in [4.69, 9.17) is 16.3 Å². The molecule has 0 fully saturated rings. The maximum Gasteiger partial charge on any atom is 0.270 e. The van der Waals surface area contributed by atoms with E-state index in [9.17, 15) is 14.9 Å². The lowest BCUT2D eigenvalue weighted by molar-refractivity contribution is -0.385. The molecular weight excluding hydrogens is 234 g/mol. The SMILES string of the molecule is Cc1cc([N+](=O)[O-])cc(C)c1OCC(=O)Cl. The van der Waals surface area contributed by atoms with Crippen LogP contribution in [-0.2, 0) is 4.79 Å². The second kappa shape index (κ2) is 4.94. The summed E-state index contributed by atoms with van der Waals surface area (Å²) < 4.78 is 5.16. The zero-order chi connectivity index (χ0) is 12.3. The smallest absolute Gasteiger partial charge is 0.270 e. The topological polar surface area (TPSA) is 69.4 Å². The van der Waals surface area contributed by atoms with Crippen LogP contribution in [0, 0.1) is 24.0 Å². The fraction of sp³-hybridized carbons (Fsp3) is 0.300. The van der Waals surface area contributed by atoms with Crippen LogP contribution >= 0.6 is 11.6 Å². The molecule has 0 saturated carbocycles. The third-order valence-electron chi connectivity index (χ3n) is 1.99. The van der Waals surface area contributed by atoms with E-state index in [2.05, 4.69) is 0 Å². The number of nitrogens with zero attached hydrogens (tertiary/aromatic N) is 1. The Morgan fingerprint density at radius 1 is 1.44 bits per heavy atom. The van der Waals surface area contributed by atoms with Crippen molar-refractivity contribution in [3.05, 3.63) is 33.4 Å². The van der Waals surface area contributed by atoms with Crippen LogP contribution in [0.3, 0.4) is 0 Å². The number of nitro benzene ring substituents is 1. The van der Waals surface area contributed by atoms with E-state index in [1.165, 1.54) is 12.1 Å². The van der Waals surface area contributed by atoms with Crippen LogP contribution in [0.15, 0.2) is 12.1 Å². The van der Waals surface area contributed by atoms with Gasteiger partial charge in [0, 0.05) is 12.1 Å². The third-order valence-corrected chi connectivity index (χ3v) is 2.10. The molecule has 0 atom stereocenters. The van der Waals surface area contributed by atoms with Gasteiger partial charge in [0.05, 0.1) is 4.92 Å². The van der Waals surface area contributed by atoms with Crippen LogP contribution in [0.4, 0.5) is 5.69 Å². The number of non-ortho nitro benzene ring substituents is 1. The van der Waals surface area contributed by atoms with Crippen molar-refractivity contribution in [1.29, 1.82) is 0 Å². The minimum absolute atomic E-state index is 0.000417. The molecule has 0 aliphatic rings. The van der Waals surface area contributed by atoms with Gasteiger partial charge in [-0.2, -0.15) is 0 Å². The highest BCUT2D eigenvalue weighted by molar-refractivity contribution is 6.63. The van der Waals surface area contributed by atoms with Crippen molar-refractivity contribution in [3.63, 3.8) is 0 Å². The summed E-state index contributed by atoms with van der Waals surface area (Å²) in [7, 11) is 0. The number of aryl methyl sites for hydroxylation is 2. The fourth-order valence-corrected chi connectivity index (χ4v) is 1.44. The molecule has 0 heterocycles. The molecule has 16 heavy (non-hydrogen) atoms. The molecule has 1 rings (SSSR count). The summed E-state index contributed by atoms with van der Waals surface area (Å²) in [4.78, 5) is 20.6. The number of hydrogen-bond donors (Lipinski definition) is 0. The molecule has 0 aliphatic heterocycles. The molecule has 0 saturated heterocycles. The Kier molecular flexibility index (Phi) is 3.84. The first kappa shape index (κ1) is 12.4. The number of rotatable bonds is 4. The molecule has 0 amide bonds. The Morgan fingerprint density at radius 2 is 1.94 bits per heavy atom. The van der Waals surface area contributed by atoms with Gasteiger partial charge in [-0.05, 0) is 36.6 Å². The second-order valence-corrected chi connectivity index (χ2v) is 3.73. The van der Waals surface area contributed by atoms with Crippen molar-refractivity contribution in [2.24, 2.45) is 0 Å². The van der Waals surface area contributed by atoms with Gasteiger partial charge in [-0.3, -0.25) is 14.9 Å². The second-order valence-electron chi connectivity index (χ2n) is 3.31. The average Bonchev–Trinajstić information content (AvgIpc) is 2.15. The maximum absolute atomic E-state index is 10.6. The summed E-state index contributed by atoms with van der Waals surface area (Å²) in [5.74, 6) is 0.458. The van der Waals surface area contributed by atoms with Crippen molar-refractivity contribution in [1.82, 2.24) is 0 Å². The number of carbonyl (C=O) groups is 1. The number of halogens is 1. The fourth-order valence-electron chi connectivity index (χ4n) is 1.39. The first-order valence-electron chi connectivity index (χ1n) is 4.48. The van der Waals surface area contributed by atoms with Gasteiger partial charge in [-0.25, -0.2) is 0 Å². The average molecular weight is 244 g/mol. The van der Waals surface area contributed by atoms with Crippen molar-refractivity contribution >= 4 is 22.5 Å². The lowest BCUT2D eigenvalue weighted by Gasteiger charge is -2.09. The van der Waals surface area contributed by atoms with Gasteiger partial charge < -0.3 is 4.74 Å². The summed E-state index contributed by atoms with van der Waals surface area (Å²) in [6.45, 7) is 3.10. The van der Waals surface area contributed by atoms with Crippen LogP contribution in [0.25, 0.3) is 0 Å². The molecule has 0 N–H and O–H groups in total. The van der Waals surface area contributed by atoms with E-state index in [1.807, 2.05) is 0 Å². The Bertz CT molecular complexity index is 421. The molecule has 1 aromatic rings. The molecule has 6 heteroatoms. The molecule has 5 nitrogen and oxygen atoms in total. The lowest BCUT2D eigenvalue weighted by atomic mass is 10.1. The van der Waals surface area contributed by atoms with E-state index in [-0.39, 0.29) is 12.3 Å². The van der Waals surface area contributed by atoms with Crippen molar-refractivity contribution in [2.45, 2.75) is 13.8 Å². The van der Waals surface area contributed by atoms with Crippen LogP contribution in [0.1, 0.15) is 11.1 Å². The number of hydrogen-bond acceptors (Lipinski definition) is 4. The molecule has 0 radical (unpaired) electrons. The van der Waals surface area contributed by atoms with Crippen molar-refractivity contribution in [3.8, 4) is 5.75 Å². The van der Waals surface area contributed by atoms with Crippen LogP contribution in [0.5, 0.6) is 5.75 Å². The molecule has 0 aliphatic carbocycles. The van der Waals surface area contributed by atoms with Crippen LogP contribution in [-0.4, -0.2) is 16.8 Å². The molecule has 86 valence electrons. The molecule has 0 spiro atoms.